The second-order valence-electron chi connectivity index (χ2n) is 7.90. The van der Waals surface area contributed by atoms with Gasteiger partial charge in [0.2, 0.25) is 0 Å². The fraction of sp³-hybridized carbons (Fsp3) is 0.429. The van der Waals surface area contributed by atoms with Crippen LogP contribution in [0.1, 0.15) is 66.5 Å². The number of carbonyl (C=O) groups is 1. The van der Waals surface area contributed by atoms with E-state index in [4.69, 9.17) is 0 Å². The van der Waals surface area contributed by atoms with Crippen molar-refractivity contribution < 1.29 is 4.79 Å². The standard InChI is InChI=1S/C21H23N5O2/c27-19-10-9-18(13-3-4-13)25-26(19)15-7-5-14(6-8-15)24-21(28)17-12-23-20-16(17)2-1-11-22-20/h1-2,9-15H,3-8H2,(H,22,23)(H,24,28). The Kier molecular flexibility index (Phi) is 4.22. The van der Waals surface area contributed by atoms with E-state index in [1.165, 1.54) is 12.8 Å². The number of rotatable bonds is 4. The van der Waals surface area contributed by atoms with Gasteiger partial charge in [-0.25, -0.2) is 9.67 Å². The Balaban J connectivity index is 1.24. The molecule has 0 radical (unpaired) electrons. The smallest absolute Gasteiger partial charge is 0.267 e. The summed E-state index contributed by atoms with van der Waals surface area (Å²) in [6, 6.07) is 7.50. The first kappa shape index (κ1) is 17.2. The molecule has 7 heteroatoms. The molecule has 144 valence electrons. The van der Waals surface area contributed by atoms with E-state index in [1.807, 2.05) is 18.2 Å². The van der Waals surface area contributed by atoms with Gasteiger partial charge < -0.3 is 10.3 Å². The molecule has 2 fully saturated rings. The van der Waals surface area contributed by atoms with E-state index in [2.05, 4.69) is 20.4 Å². The first-order valence-corrected chi connectivity index (χ1v) is 10.0. The van der Waals surface area contributed by atoms with Crippen LogP contribution in [0.2, 0.25) is 0 Å². The lowest BCUT2D eigenvalue weighted by atomic mass is 9.91. The summed E-state index contributed by atoms with van der Waals surface area (Å²) in [5.41, 5.74) is 2.36. The Labute approximate surface area is 162 Å². The average molecular weight is 377 g/mol. The maximum atomic E-state index is 12.7. The first-order chi connectivity index (χ1) is 13.7. The largest absolute Gasteiger partial charge is 0.349 e. The quantitative estimate of drug-likeness (QED) is 0.731. The minimum Gasteiger partial charge on any atom is -0.349 e. The van der Waals surface area contributed by atoms with Gasteiger partial charge in [0, 0.05) is 35.8 Å². The lowest BCUT2D eigenvalue weighted by molar-refractivity contribution is 0.0923. The molecule has 3 heterocycles. The van der Waals surface area contributed by atoms with Crippen molar-refractivity contribution >= 4 is 16.9 Å². The molecule has 0 aromatic carbocycles. The topological polar surface area (TPSA) is 92.7 Å². The average Bonchev–Trinajstić information content (AvgIpc) is 3.47. The van der Waals surface area contributed by atoms with Gasteiger partial charge in [-0.15, -0.1) is 0 Å². The summed E-state index contributed by atoms with van der Waals surface area (Å²) in [5.74, 6) is 0.460. The zero-order chi connectivity index (χ0) is 19.1. The van der Waals surface area contributed by atoms with Crippen molar-refractivity contribution in [3.63, 3.8) is 0 Å². The maximum absolute atomic E-state index is 12.7. The molecule has 3 aromatic rings. The number of amides is 1. The summed E-state index contributed by atoms with van der Waals surface area (Å²) in [5, 5.41) is 8.60. The maximum Gasteiger partial charge on any atom is 0.267 e. The van der Waals surface area contributed by atoms with Crippen LogP contribution < -0.4 is 10.9 Å². The van der Waals surface area contributed by atoms with Crippen LogP contribution >= 0.6 is 0 Å². The van der Waals surface area contributed by atoms with Gasteiger partial charge in [-0.1, -0.05) is 0 Å². The van der Waals surface area contributed by atoms with E-state index in [0.717, 1.165) is 42.4 Å². The third kappa shape index (κ3) is 3.21. The number of carbonyl (C=O) groups excluding carboxylic acids is 1. The Bertz CT molecular complexity index is 1070. The predicted molar refractivity (Wildman–Crippen MR) is 105 cm³/mol. The number of nitrogens with one attached hydrogen (secondary N) is 2. The van der Waals surface area contributed by atoms with E-state index in [0.29, 0.717) is 11.5 Å². The van der Waals surface area contributed by atoms with Gasteiger partial charge in [-0.3, -0.25) is 9.59 Å². The Morgan fingerprint density at radius 3 is 2.71 bits per heavy atom. The monoisotopic (exact) mass is 377 g/mol. The van der Waals surface area contributed by atoms with E-state index in [-0.39, 0.29) is 23.6 Å². The van der Waals surface area contributed by atoms with Crippen LogP contribution in [-0.4, -0.2) is 31.7 Å². The van der Waals surface area contributed by atoms with Gasteiger partial charge in [0.1, 0.15) is 5.65 Å². The lowest BCUT2D eigenvalue weighted by Gasteiger charge is -2.29. The number of hydrogen-bond donors (Lipinski definition) is 2. The molecule has 5 rings (SSSR count). The number of nitrogens with zero attached hydrogens (tertiary/aromatic N) is 3. The Morgan fingerprint density at radius 1 is 1.11 bits per heavy atom. The lowest BCUT2D eigenvalue weighted by Crippen LogP contribution is -2.39. The number of H-pyrrole nitrogens is 1. The van der Waals surface area contributed by atoms with Crippen molar-refractivity contribution in [3.8, 4) is 0 Å². The highest BCUT2D eigenvalue weighted by atomic mass is 16.2. The van der Waals surface area contributed by atoms with Gasteiger partial charge in [-0.05, 0) is 56.7 Å². The molecule has 0 bridgehead atoms. The molecular formula is C21H23N5O2. The van der Waals surface area contributed by atoms with Crippen LogP contribution in [0.15, 0.2) is 41.5 Å². The molecule has 28 heavy (non-hydrogen) atoms. The van der Waals surface area contributed by atoms with Gasteiger partial charge in [0.05, 0.1) is 17.3 Å². The van der Waals surface area contributed by atoms with Gasteiger partial charge in [0.25, 0.3) is 11.5 Å². The highest BCUT2D eigenvalue weighted by molar-refractivity contribution is 6.05. The second-order valence-corrected chi connectivity index (χ2v) is 7.90. The van der Waals surface area contributed by atoms with Crippen molar-refractivity contribution in [1.29, 1.82) is 0 Å². The van der Waals surface area contributed by atoms with Crippen LogP contribution in [0.5, 0.6) is 0 Å². The fourth-order valence-electron chi connectivity index (χ4n) is 4.17. The number of fused-ring (bicyclic) bond motifs is 1. The van der Waals surface area contributed by atoms with Crippen LogP contribution in [0, 0.1) is 0 Å². The van der Waals surface area contributed by atoms with E-state index >= 15 is 0 Å². The molecule has 0 spiro atoms. The normalized spacial score (nSPS) is 22.3. The fourth-order valence-corrected chi connectivity index (χ4v) is 4.17. The summed E-state index contributed by atoms with van der Waals surface area (Å²) in [6.07, 6.45) is 9.16. The minimum absolute atomic E-state index is 0.0248. The zero-order valence-corrected chi connectivity index (χ0v) is 15.6. The zero-order valence-electron chi connectivity index (χ0n) is 15.6. The van der Waals surface area contributed by atoms with Crippen LogP contribution in [0.4, 0.5) is 0 Å². The molecule has 2 saturated carbocycles. The van der Waals surface area contributed by atoms with Gasteiger partial charge >= 0.3 is 0 Å². The Hall–Kier alpha value is -2.96. The van der Waals surface area contributed by atoms with Crippen molar-refractivity contribution in [2.75, 3.05) is 0 Å². The van der Waals surface area contributed by atoms with Crippen LogP contribution in [0.3, 0.4) is 0 Å². The molecule has 0 atom stereocenters. The summed E-state index contributed by atoms with van der Waals surface area (Å²) in [7, 11) is 0. The number of pyridine rings is 1. The molecule has 0 unspecified atom stereocenters. The van der Waals surface area contributed by atoms with Gasteiger partial charge in [0.15, 0.2) is 0 Å². The molecule has 1 amide bonds. The summed E-state index contributed by atoms with van der Waals surface area (Å²) in [6.45, 7) is 0. The van der Waals surface area contributed by atoms with Gasteiger partial charge in [-0.2, -0.15) is 5.10 Å². The van der Waals surface area contributed by atoms with E-state index in [1.54, 1.807) is 23.1 Å². The predicted octanol–water partition coefficient (Wildman–Crippen LogP) is 2.91. The molecule has 0 aliphatic heterocycles. The van der Waals surface area contributed by atoms with E-state index < -0.39 is 0 Å². The van der Waals surface area contributed by atoms with Crippen molar-refractivity contribution in [3.05, 3.63) is 58.3 Å². The molecule has 3 aromatic heterocycles. The molecule has 7 nitrogen and oxygen atoms in total. The molecule has 2 N–H and O–H groups in total. The minimum atomic E-state index is -0.0753. The summed E-state index contributed by atoms with van der Waals surface area (Å²) >= 11 is 0. The molecular weight excluding hydrogens is 354 g/mol. The number of aromatic nitrogens is 4. The highest BCUT2D eigenvalue weighted by Gasteiger charge is 2.29. The SMILES string of the molecule is O=C(NC1CCC(n2nc(C3CC3)ccc2=O)CC1)c1c[nH]c2ncccc12. The van der Waals surface area contributed by atoms with Crippen molar-refractivity contribution in [2.45, 2.75) is 56.5 Å². The molecule has 2 aliphatic rings. The Morgan fingerprint density at radius 2 is 1.93 bits per heavy atom. The molecule has 2 aliphatic carbocycles. The van der Waals surface area contributed by atoms with Crippen molar-refractivity contribution in [1.82, 2.24) is 25.1 Å². The number of hydrogen-bond acceptors (Lipinski definition) is 4. The summed E-state index contributed by atoms with van der Waals surface area (Å²) in [4.78, 5) is 32.2. The first-order valence-electron chi connectivity index (χ1n) is 10.0. The summed E-state index contributed by atoms with van der Waals surface area (Å²) < 4.78 is 1.68. The van der Waals surface area contributed by atoms with E-state index in [9.17, 15) is 9.59 Å². The highest BCUT2D eigenvalue weighted by Crippen LogP contribution is 2.38. The molecule has 0 saturated heterocycles. The third-order valence-corrected chi connectivity index (χ3v) is 5.91. The van der Waals surface area contributed by atoms with Crippen LogP contribution in [-0.2, 0) is 0 Å². The van der Waals surface area contributed by atoms with Crippen molar-refractivity contribution in [2.24, 2.45) is 0 Å². The second kappa shape index (κ2) is 6.89. The third-order valence-electron chi connectivity index (χ3n) is 5.91. The number of aromatic amines is 1. The van der Waals surface area contributed by atoms with Crippen LogP contribution in [0.25, 0.3) is 11.0 Å².